The van der Waals surface area contributed by atoms with E-state index < -0.39 is 0 Å². The normalized spacial score (nSPS) is 19.7. The van der Waals surface area contributed by atoms with Crippen molar-refractivity contribution in [2.24, 2.45) is 0 Å². The summed E-state index contributed by atoms with van der Waals surface area (Å²) in [6, 6.07) is 0. The predicted molar refractivity (Wildman–Crippen MR) is 97.1 cm³/mol. The average molecular weight is 329 g/mol. The fourth-order valence-corrected chi connectivity index (χ4v) is 3.31. The average Bonchev–Trinajstić information content (AvgIpc) is 3.38. The standard InChI is InChI=1S/C20H40O3/c1-4-7-8-9-10-11-12-14-20(5-2,23-6-3)15-13-16-21-17-19-18-22-19/h19H,4-18H2,1-3H3. The molecule has 1 saturated heterocycles. The highest BCUT2D eigenvalue weighted by Gasteiger charge is 2.28. The molecule has 2 unspecified atom stereocenters. The van der Waals surface area contributed by atoms with Crippen molar-refractivity contribution in [2.75, 3.05) is 26.4 Å². The first-order valence-corrected chi connectivity index (χ1v) is 10.1. The first-order chi connectivity index (χ1) is 11.3. The summed E-state index contributed by atoms with van der Waals surface area (Å²) < 4.78 is 17.0. The molecule has 1 fully saturated rings. The minimum Gasteiger partial charge on any atom is -0.379 e. The number of ether oxygens (including phenoxy) is 3. The second kappa shape index (κ2) is 13.2. The second-order valence-electron chi connectivity index (χ2n) is 6.97. The second-order valence-corrected chi connectivity index (χ2v) is 6.97. The number of unbranched alkanes of at least 4 members (excludes halogenated alkanes) is 6. The van der Waals surface area contributed by atoms with E-state index in [2.05, 4.69) is 20.8 Å². The zero-order chi connectivity index (χ0) is 16.8. The summed E-state index contributed by atoms with van der Waals surface area (Å²) >= 11 is 0. The van der Waals surface area contributed by atoms with E-state index in [-0.39, 0.29) is 5.60 Å². The lowest BCUT2D eigenvalue weighted by molar-refractivity contribution is -0.0611. The highest BCUT2D eigenvalue weighted by molar-refractivity contribution is 4.79. The van der Waals surface area contributed by atoms with Crippen LogP contribution in [-0.4, -0.2) is 38.1 Å². The van der Waals surface area contributed by atoms with Crippen LogP contribution in [0.2, 0.25) is 0 Å². The Balaban J connectivity index is 2.14. The van der Waals surface area contributed by atoms with Gasteiger partial charge in [0.05, 0.1) is 18.8 Å². The van der Waals surface area contributed by atoms with Crippen LogP contribution in [0.25, 0.3) is 0 Å². The Hall–Kier alpha value is -0.120. The van der Waals surface area contributed by atoms with Crippen molar-refractivity contribution >= 4 is 0 Å². The molecular weight excluding hydrogens is 288 g/mol. The van der Waals surface area contributed by atoms with Crippen LogP contribution < -0.4 is 0 Å². The Morgan fingerprint density at radius 1 is 0.913 bits per heavy atom. The van der Waals surface area contributed by atoms with Crippen molar-refractivity contribution < 1.29 is 14.2 Å². The molecule has 1 aliphatic rings. The van der Waals surface area contributed by atoms with Crippen molar-refractivity contribution in [1.82, 2.24) is 0 Å². The summed E-state index contributed by atoms with van der Waals surface area (Å²) in [7, 11) is 0. The smallest absolute Gasteiger partial charge is 0.104 e. The van der Waals surface area contributed by atoms with E-state index in [0.29, 0.717) is 6.10 Å². The Bertz CT molecular complexity index is 266. The van der Waals surface area contributed by atoms with E-state index >= 15 is 0 Å². The Morgan fingerprint density at radius 2 is 1.57 bits per heavy atom. The molecule has 0 radical (unpaired) electrons. The number of rotatable bonds is 17. The maximum atomic E-state index is 6.18. The highest BCUT2D eigenvalue weighted by Crippen LogP contribution is 2.29. The molecular formula is C20H40O3. The van der Waals surface area contributed by atoms with Crippen LogP contribution in [0.15, 0.2) is 0 Å². The summed E-state index contributed by atoms with van der Waals surface area (Å²) in [6.07, 6.45) is 14.5. The van der Waals surface area contributed by atoms with Crippen LogP contribution in [0.3, 0.4) is 0 Å². The lowest BCUT2D eigenvalue weighted by Crippen LogP contribution is -2.32. The maximum Gasteiger partial charge on any atom is 0.104 e. The Morgan fingerprint density at radius 3 is 2.17 bits per heavy atom. The molecule has 23 heavy (non-hydrogen) atoms. The number of hydrogen-bond acceptors (Lipinski definition) is 3. The van der Waals surface area contributed by atoms with Gasteiger partial charge in [0.1, 0.15) is 6.10 Å². The molecule has 0 bridgehead atoms. The zero-order valence-corrected chi connectivity index (χ0v) is 15.9. The molecule has 1 heterocycles. The van der Waals surface area contributed by atoms with Crippen LogP contribution in [-0.2, 0) is 14.2 Å². The molecule has 0 aromatic carbocycles. The van der Waals surface area contributed by atoms with Crippen LogP contribution in [0.4, 0.5) is 0 Å². The van der Waals surface area contributed by atoms with Gasteiger partial charge in [-0.05, 0) is 32.6 Å². The van der Waals surface area contributed by atoms with Gasteiger partial charge in [-0.2, -0.15) is 0 Å². The molecule has 0 amide bonds. The molecule has 0 saturated carbocycles. The van der Waals surface area contributed by atoms with Crippen LogP contribution in [0.1, 0.15) is 91.4 Å². The minimum atomic E-state index is 0.0810. The topological polar surface area (TPSA) is 31.0 Å². The molecule has 3 nitrogen and oxygen atoms in total. The third-order valence-corrected chi connectivity index (χ3v) is 4.96. The van der Waals surface area contributed by atoms with Gasteiger partial charge >= 0.3 is 0 Å². The van der Waals surface area contributed by atoms with Crippen molar-refractivity contribution in [3.8, 4) is 0 Å². The Kier molecular flexibility index (Phi) is 12.0. The van der Waals surface area contributed by atoms with Gasteiger partial charge in [-0.1, -0.05) is 58.8 Å². The van der Waals surface area contributed by atoms with Gasteiger partial charge in [-0.3, -0.25) is 0 Å². The molecule has 3 heteroatoms. The molecule has 0 N–H and O–H groups in total. The fraction of sp³-hybridized carbons (Fsp3) is 1.00. The SMILES string of the molecule is CCCCCCCCCC(CC)(CCCOCC1CO1)OCC. The summed E-state index contributed by atoms with van der Waals surface area (Å²) in [4.78, 5) is 0. The van der Waals surface area contributed by atoms with Gasteiger partial charge in [-0.15, -0.1) is 0 Å². The van der Waals surface area contributed by atoms with Crippen molar-refractivity contribution in [1.29, 1.82) is 0 Å². The molecule has 138 valence electrons. The highest BCUT2D eigenvalue weighted by atomic mass is 16.6. The van der Waals surface area contributed by atoms with Gasteiger partial charge in [-0.25, -0.2) is 0 Å². The lowest BCUT2D eigenvalue weighted by Gasteiger charge is -2.33. The first kappa shape index (κ1) is 20.9. The molecule has 0 aromatic rings. The third-order valence-electron chi connectivity index (χ3n) is 4.96. The molecule has 0 spiro atoms. The van der Waals surface area contributed by atoms with E-state index in [0.717, 1.165) is 45.7 Å². The Labute approximate surface area is 144 Å². The molecule has 1 aliphatic heterocycles. The maximum absolute atomic E-state index is 6.18. The minimum absolute atomic E-state index is 0.0810. The van der Waals surface area contributed by atoms with Crippen molar-refractivity contribution in [2.45, 2.75) is 103 Å². The zero-order valence-electron chi connectivity index (χ0n) is 15.9. The van der Waals surface area contributed by atoms with E-state index in [1.54, 1.807) is 0 Å². The van der Waals surface area contributed by atoms with Gasteiger partial charge < -0.3 is 14.2 Å². The van der Waals surface area contributed by atoms with Gasteiger partial charge in [0.2, 0.25) is 0 Å². The van der Waals surface area contributed by atoms with Gasteiger partial charge in [0, 0.05) is 13.2 Å². The van der Waals surface area contributed by atoms with Gasteiger partial charge in [0.25, 0.3) is 0 Å². The fourth-order valence-electron chi connectivity index (χ4n) is 3.31. The summed E-state index contributed by atoms with van der Waals surface area (Å²) in [5, 5.41) is 0. The quantitative estimate of drug-likeness (QED) is 0.261. The lowest BCUT2D eigenvalue weighted by atomic mass is 9.88. The van der Waals surface area contributed by atoms with E-state index in [1.807, 2.05) is 0 Å². The third kappa shape index (κ3) is 10.4. The number of hydrogen-bond donors (Lipinski definition) is 0. The largest absolute Gasteiger partial charge is 0.379 e. The van der Waals surface area contributed by atoms with Crippen LogP contribution in [0, 0.1) is 0 Å². The van der Waals surface area contributed by atoms with E-state index in [1.165, 1.54) is 51.4 Å². The van der Waals surface area contributed by atoms with Gasteiger partial charge in [0.15, 0.2) is 0 Å². The van der Waals surface area contributed by atoms with Crippen molar-refractivity contribution in [3.05, 3.63) is 0 Å². The predicted octanol–water partition coefficient (Wildman–Crippen LogP) is 5.51. The monoisotopic (exact) mass is 328 g/mol. The van der Waals surface area contributed by atoms with E-state index in [4.69, 9.17) is 14.2 Å². The van der Waals surface area contributed by atoms with Crippen LogP contribution in [0.5, 0.6) is 0 Å². The summed E-state index contributed by atoms with van der Waals surface area (Å²) in [5.74, 6) is 0. The van der Waals surface area contributed by atoms with E-state index in [9.17, 15) is 0 Å². The molecule has 0 aromatic heterocycles. The number of epoxide rings is 1. The summed E-state index contributed by atoms with van der Waals surface area (Å²) in [5.41, 5.74) is 0.0810. The van der Waals surface area contributed by atoms with Crippen LogP contribution >= 0.6 is 0 Å². The van der Waals surface area contributed by atoms with Crippen molar-refractivity contribution in [3.63, 3.8) is 0 Å². The molecule has 2 atom stereocenters. The molecule has 1 rings (SSSR count). The summed E-state index contributed by atoms with van der Waals surface area (Å²) in [6.45, 7) is 9.99. The molecule has 0 aliphatic carbocycles. The first-order valence-electron chi connectivity index (χ1n) is 10.1.